The van der Waals surface area contributed by atoms with Crippen LogP contribution in [-0.2, 0) is 0 Å². The van der Waals surface area contributed by atoms with Crippen LogP contribution in [0.5, 0.6) is 0 Å². The molecule has 18 heavy (non-hydrogen) atoms. The van der Waals surface area contributed by atoms with E-state index < -0.39 is 0 Å². The molecule has 0 aliphatic carbocycles. The maximum Gasteiger partial charge on any atom is 0.251 e. The van der Waals surface area contributed by atoms with Gasteiger partial charge in [-0.3, -0.25) is 4.79 Å². The SMILES string of the molecule is CC(C)(C)CCCNC(=O)c1cccc(C#N)c1. The first kappa shape index (κ1) is 14.2. The molecule has 0 radical (unpaired) electrons. The number of nitriles is 1. The summed E-state index contributed by atoms with van der Waals surface area (Å²) in [4.78, 5) is 11.8. The van der Waals surface area contributed by atoms with Gasteiger partial charge in [0, 0.05) is 12.1 Å². The van der Waals surface area contributed by atoms with Gasteiger partial charge in [-0.25, -0.2) is 0 Å². The molecule has 0 atom stereocenters. The van der Waals surface area contributed by atoms with E-state index in [0.29, 0.717) is 23.1 Å². The van der Waals surface area contributed by atoms with E-state index in [1.165, 1.54) is 0 Å². The third kappa shape index (κ3) is 5.01. The van der Waals surface area contributed by atoms with Gasteiger partial charge in [0.25, 0.3) is 5.91 Å². The molecule has 1 aromatic rings. The summed E-state index contributed by atoms with van der Waals surface area (Å²) in [6.07, 6.45) is 2.04. The van der Waals surface area contributed by atoms with Crippen molar-refractivity contribution in [3.8, 4) is 6.07 Å². The maximum atomic E-state index is 11.8. The van der Waals surface area contributed by atoms with Crippen LogP contribution in [0.3, 0.4) is 0 Å². The van der Waals surface area contributed by atoms with Crippen molar-refractivity contribution in [3.05, 3.63) is 35.4 Å². The molecular weight excluding hydrogens is 224 g/mol. The Balaban J connectivity index is 2.44. The van der Waals surface area contributed by atoms with Crippen molar-refractivity contribution < 1.29 is 4.79 Å². The Bertz CT molecular complexity index is 452. The zero-order chi connectivity index (χ0) is 13.6. The summed E-state index contributed by atoms with van der Waals surface area (Å²) in [6.45, 7) is 7.23. The highest BCUT2D eigenvalue weighted by molar-refractivity contribution is 5.94. The van der Waals surface area contributed by atoms with Crippen LogP contribution in [0, 0.1) is 16.7 Å². The van der Waals surface area contributed by atoms with Crippen molar-refractivity contribution >= 4 is 5.91 Å². The summed E-state index contributed by atoms with van der Waals surface area (Å²) in [5.41, 5.74) is 1.35. The minimum Gasteiger partial charge on any atom is -0.352 e. The average Bonchev–Trinajstić information content (AvgIpc) is 2.33. The van der Waals surface area contributed by atoms with Crippen molar-refractivity contribution in [2.24, 2.45) is 5.41 Å². The zero-order valence-corrected chi connectivity index (χ0v) is 11.3. The monoisotopic (exact) mass is 244 g/mol. The average molecular weight is 244 g/mol. The van der Waals surface area contributed by atoms with E-state index in [0.717, 1.165) is 12.8 Å². The Morgan fingerprint density at radius 2 is 2.11 bits per heavy atom. The molecule has 0 aliphatic rings. The molecule has 0 bridgehead atoms. The van der Waals surface area contributed by atoms with Gasteiger partial charge < -0.3 is 5.32 Å². The quantitative estimate of drug-likeness (QED) is 0.827. The van der Waals surface area contributed by atoms with Gasteiger partial charge in [-0.2, -0.15) is 5.26 Å². The summed E-state index contributed by atoms with van der Waals surface area (Å²) in [5.74, 6) is -0.110. The fourth-order valence-electron chi connectivity index (χ4n) is 1.65. The molecule has 1 amide bonds. The van der Waals surface area contributed by atoms with Gasteiger partial charge in [-0.15, -0.1) is 0 Å². The lowest BCUT2D eigenvalue weighted by atomic mass is 9.91. The summed E-state index contributed by atoms with van der Waals surface area (Å²) in [5, 5.41) is 11.6. The number of rotatable bonds is 4. The van der Waals surface area contributed by atoms with Crippen molar-refractivity contribution in [2.45, 2.75) is 33.6 Å². The fourth-order valence-corrected chi connectivity index (χ4v) is 1.65. The Hall–Kier alpha value is -1.82. The van der Waals surface area contributed by atoms with E-state index in [2.05, 4.69) is 26.1 Å². The predicted molar refractivity (Wildman–Crippen MR) is 72.2 cm³/mol. The lowest BCUT2D eigenvalue weighted by Gasteiger charge is -2.17. The molecule has 0 heterocycles. The minimum atomic E-state index is -0.110. The van der Waals surface area contributed by atoms with Crippen LogP contribution in [0.4, 0.5) is 0 Å². The Morgan fingerprint density at radius 3 is 2.72 bits per heavy atom. The Kier molecular flexibility index (Phi) is 4.91. The standard InChI is InChI=1S/C15H20N2O/c1-15(2,3)8-5-9-17-14(18)13-7-4-6-12(10-13)11-16/h4,6-7,10H,5,8-9H2,1-3H3,(H,17,18). The number of amides is 1. The molecule has 0 unspecified atom stereocenters. The lowest BCUT2D eigenvalue weighted by molar-refractivity contribution is 0.0951. The van der Waals surface area contributed by atoms with Crippen molar-refractivity contribution in [2.75, 3.05) is 6.54 Å². The molecule has 96 valence electrons. The minimum absolute atomic E-state index is 0.110. The van der Waals surface area contributed by atoms with Gasteiger partial charge in [0.15, 0.2) is 0 Å². The lowest BCUT2D eigenvalue weighted by Crippen LogP contribution is -2.25. The van der Waals surface area contributed by atoms with E-state index in [4.69, 9.17) is 5.26 Å². The van der Waals surface area contributed by atoms with Crippen LogP contribution in [-0.4, -0.2) is 12.5 Å². The van der Waals surface area contributed by atoms with E-state index in [-0.39, 0.29) is 5.91 Å². The number of carbonyl (C=O) groups excluding carboxylic acids is 1. The van der Waals surface area contributed by atoms with Crippen LogP contribution in [0.15, 0.2) is 24.3 Å². The highest BCUT2D eigenvalue weighted by Crippen LogP contribution is 2.19. The topological polar surface area (TPSA) is 52.9 Å². The van der Waals surface area contributed by atoms with Gasteiger partial charge in [0.05, 0.1) is 11.6 Å². The molecular formula is C15H20N2O. The molecule has 0 aromatic heterocycles. The number of hydrogen-bond donors (Lipinski definition) is 1. The van der Waals surface area contributed by atoms with Crippen molar-refractivity contribution in [1.82, 2.24) is 5.32 Å². The first-order chi connectivity index (χ1) is 8.42. The first-order valence-corrected chi connectivity index (χ1v) is 6.21. The molecule has 3 nitrogen and oxygen atoms in total. The molecule has 1 aromatic carbocycles. The van der Waals surface area contributed by atoms with E-state index in [1.54, 1.807) is 24.3 Å². The van der Waals surface area contributed by atoms with Gasteiger partial charge in [-0.1, -0.05) is 26.8 Å². The smallest absolute Gasteiger partial charge is 0.251 e. The van der Waals surface area contributed by atoms with E-state index >= 15 is 0 Å². The van der Waals surface area contributed by atoms with Crippen LogP contribution < -0.4 is 5.32 Å². The fraction of sp³-hybridized carbons (Fsp3) is 0.467. The van der Waals surface area contributed by atoms with Gasteiger partial charge in [0.1, 0.15) is 0 Å². The number of nitrogens with one attached hydrogen (secondary N) is 1. The van der Waals surface area contributed by atoms with Gasteiger partial charge >= 0.3 is 0 Å². The maximum absolute atomic E-state index is 11.8. The second kappa shape index (κ2) is 6.20. The zero-order valence-electron chi connectivity index (χ0n) is 11.3. The molecule has 0 saturated carbocycles. The second-order valence-corrected chi connectivity index (χ2v) is 5.61. The van der Waals surface area contributed by atoms with Crippen LogP contribution in [0.2, 0.25) is 0 Å². The third-order valence-corrected chi connectivity index (χ3v) is 2.64. The Morgan fingerprint density at radius 1 is 1.39 bits per heavy atom. The molecule has 0 aliphatic heterocycles. The molecule has 0 fully saturated rings. The number of carbonyl (C=O) groups is 1. The van der Waals surface area contributed by atoms with Gasteiger partial charge in [-0.05, 0) is 36.5 Å². The molecule has 3 heteroatoms. The highest BCUT2D eigenvalue weighted by atomic mass is 16.1. The normalized spacial score (nSPS) is 10.8. The van der Waals surface area contributed by atoms with Crippen LogP contribution in [0.25, 0.3) is 0 Å². The molecule has 0 spiro atoms. The Labute approximate surface area is 109 Å². The van der Waals surface area contributed by atoms with E-state index in [9.17, 15) is 4.79 Å². The second-order valence-electron chi connectivity index (χ2n) is 5.61. The predicted octanol–water partition coefficient (Wildman–Crippen LogP) is 3.11. The van der Waals surface area contributed by atoms with Gasteiger partial charge in [0.2, 0.25) is 0 Å². The first-order valence-electron chi connectivity index (χ1n) is 6.21. The summed E-state index contributed by atoms with van der Waals surface area (Å²) in [7, 11) is 0. The molecule has 1 rings (SSSR count). The van der Waals surface area contributed by atoms with Crippen molar-refractivity contribution in [3.63, 3.8) is 0 Å². The molecule has 0 saturated heterocycles. The number of benzene rings is 1. The van der Waals surface area contributed by atoms with Crippen molar-refractivity contribution in [1.29, 1.82) is 5.26 Å². The van der Waals surface area contributed by atoms with Crippen LogP contribution in [0.1, 0.15) is 49.5 Å². The number of hydrogen-bond acceptors (Lipinski definition) is 2. The van der Waals surface area contributed by atoms with E-state index in [1.807, 2.05) is 6.07 Å². The number of nitrogens with zero attached hydrogens (tertiary/aromatic N) is 1. The largest absolute Gasteiger partial charge is 0.352 e. The summed E-state index contributed by atoms with van der Waals surface area (Å²) < 4.78 is 0. The third-order valence-electron chi connectivity index (χ3n) is 2.64. The van der Waals surface area contributed by atoms with Crippen LogP contribution >= 0.6 is 0 Å². The summed E-state index contributed by atoms with van der Waals surface area (Å²) in [6, 6.07) is 8.78. The summed E-state index contributed by atoms with van der Waals surface area (Å²) >= 11 is 0. The highest BCUT2D eigenvalue weighted by Gasteiger charge is 2.10. The molecule has 1 N–H and O–H groups in total.